The number of hydrogen-bond donors (Lipinski definition) is 4. The van der Waals surface area contributed by atoms with Crippen LogP contribution in [0.15, 0.2) is 37.8 Å². The van der Waals surface area contributed by atoms with Gasteiger partial charge >= 0.3 is 0 Å². The van der Waals surface area contributed by atoms with Crippen LogP contribution in [-0.2, 0) is 19.4 Å². The minimum atomic E-state index is 0.473. The van der Waals surface area contributed by atoms with E-state index in [4.69, 9.17) is 10.7 Å². The number of nitrogens with zero attached hydrogens (tertiary/aromatic N) is 5. The Kier molecular flexibility index (Phi) is 6.83. The number of aromatic amines is 1. The summed E-state index contributed by atoms with van der Waals surface area (Å²) in [5.74, 6) is 1.60. The summed E-state index contributed by atoms with van der Waals surface area (Å²) in [5.41, 5.74) is 9.90. The first-order valence-corrected chi connectivity index (χ1v) is 11.1. The van der Waals surface area contributed by atoms with E-state index in [-0.39, 0.29) is 0 Å². The maximum absolute atomic E-state index is 5.97. The summed E-state index contributed by atoms with van der Waals surface area (Å²) in [7, 11) is 0. The van der Waals surface area contributed by atoms with Crippen LogP contribution >= 0.6 is 11.3 Å². The standard InChI is InChI=1S/C22H25N9S/c1-3-15-16(4-2)30-18(29-15)7-10-24-11-8-19-31-20-21(27-13-28-22(20)32-19)26-12-17-14(23)6-5-9-25-17/h3-6,9,13,24H,1-2,7-8,10-12,23H2,(H,29,30)(H,26,27,28). The number of nitrogen functional groups attached to an aromatic ring is 1. The normalized spacial score (nSPS) is 11.0. The van der Waals surface area contributed by atoms with Crippen molar-refractivity contribution in [3.8, 4) is 0 Å². The quantitative estimate of drug-likeness (QED) is 0.258. The van der Waals surface area contributed by atoms with Crippen LogP contribution in [0.3, 0.4) is 0 Å². The molecule has 0 saturated carbocycles. The third-order valence-electron chi connectivity index (χ3n) is 4.85. The molecule has 10 heteroatoms. The summed E-state index contributed by atoms with van der Waals surface area (Å²) in [6.07, 6.45) is 8.36. The Balaban J connectivity index is 1.31. The van der Waals surface area contributed by atoms with Gasteiger partial charge in [-0.05, 0) is 24.3 Å². The summed E-state index contributed by atoms with van der Waals surface area (Å²) in [4.78, 5) is 26.4. The molecule has 0 aliphatic rings. The fourth-order valence-electron chi connectivity index (χ4n) is 3.21. The molecule has 0 unspecified atom stereocenters. The maximum Gasteiger partial charge on any atom is 0.157 e. The lowest BCUT2D eigenvalue weighted by molar-refractivity contribution is 0.669. The molecule has 0 aliphatic carbocycles. The molecule has 0 aliphatic heterocycles. The van der Waals surface area contributed by atoms with Crippen molar-refractivity contribution in [2.24, 2.45) is 0 Å². The van der Waals surface area contributed by atoms with Crippen molar-refractivity contribution in [1.82, 2.24) is 35.2 Å². The van der Waals surface area contributed by atoms with Gasteiger partial charge in [-0.15, -0.1) is 0 Å². The molecule has 32 heavy (non-hydrogen) atoms. The third kappa shape index (κ3) is 4.98. The molecule has 0 spiro atoms. The summed E-state index contributed by atoms with van der Waals surface area (Å²) in [6.45, 7) is 9.66. The van der Waals surface area contributed by atoms with Gasteiger partial charge in [0, 0.05) is 32.1 Å². The van der Waals surface area contributed by atoms with Crippen LogP contribution in [0.5, 0.6) is 0 Å². The highest BCUT2D eigenvalue weighted by molar-refractivity contribution is 7.18. The van der Waals surface area contributed by atoms with Gasteiger partial charge in [-0.25, -0.2) is 19.9 Å². The van der Waals surface area contributed by atoms with E-state index in [2.05, 4.69) is 48.7 Å². The highest BCUT2D eigenvalue weighted by atomic mass is 32.1. The lowest BCUT2D eigenvalue weighted by Gasteiger charge is -2.07. The van der Waals surface area contributed by atoms with Crippen LogP contribution in [-0.4, -0.2) is 43.0 Å². The van der Waals surface area contributed by atoms with Gasteiger partial charge in [0.25, 0.3) is 0 Å². The van der Waals surface area contributed by atoms with Gasteiger partial charge in [0.2, 0.25) is 0 Å². The third-order valence-corrected chi connectivity index (χ3v) is 5.87. The fraction of sp³-hybridized carbons (Fsp3) is 0.227. The van der Waals surface area contributed by atoms with Gasteiger partial charge in [-0.3, -0.25) is 4.98 Å². The van der Waals surface area contributed by atoms with Gasteiger partial charge in [-0.1, -0.05) is 24.5 Å². The van der Waals surface area contributed by atoms with Gasteiger partial charge in [0.15, 0.2) is 5.82 Å². The van der Waals surface area contributed by atoms with Crippen LogP contribution in [0.2, 0.25) is 0 Å². The summed E-state index contributed by atoms with van der Waals surface area (Å²) in [5, 5.41) is 7.73. The first kappa shape index (κ1) is 21.6. The molecule has 0 bridgehead atoms. The number of anilines is 2. The van der Waals surface area contributed by atoms with Gasteiger partial charge < -0.3 is 21.4 Å². The Morgan fingerprint density at radius 3 is 2.75 bits per heavy atom. The van der Waals surface area contributed by atoms with E-state index in [1.807, 2.05) is 12.1 Å². The predicted octanol–water partition coefficient (Wildman–Crippen LogP) is 3.06. The van der Waals surface area contributed by atoms with Gasteiger partial charge in [0.1, 0.15) is 22.5 Å². The van der Waals surface area contributed by atoms with Crippen molar-refractivity contribution in [3.05, 3.63) is 65.7 Å². The Bertz CT molecular complexity index is 1200. The second-order valence-corrected chi connectivity index (χ2v) is 8.08. The van der Waals surface area contributed by atoms with E-state index in [1.54, 1.807) is 36.0 Å². The molecule has 4 aromatic rings. The van der Waals surface area contributed by atoms with E-state index in [0.717, 1.165) is 64.2 Å². The second-order valence-electron chi connectivity index (χ2n) is 7.02. The van der Waals surface area contributed by atoms with E-state index < -0.39 is 0 Å². The first-order valence-electron chi connectivity index (χ1n) is 10.3. The zero-order valence-corrected chi connectivity index (χ0v) is 18.5. The number of rotatable bonds is 11. The molecule has 4 heterocycles. The fourth-order valence-corrected chi connectivity index (χ4v) is 4.11. The van der Waals surface area contributed by atoms with E-state index in [0.29, 0.717) is 18.1 Å². The van der Waals surface area contributed by atoms with Crippen molar-refractivity contribution >= 4 is 45.3 Å². The molecular weight excluding hydrogens is 422 g/mol. The number of pyridine rings is 1. The topological polar surface area (TPSA) is 130 Å². The minimum absolute atomic E-state index is 0.473. The number of H-pyrrole nitrogens is 1. The molecule has 0 atom stereocenters. The number of nitrogens with one attached hydrogen (secondary N) is 3. The average molecular weight is 448 g/mol. The van der Waals surface area contributed by atoms with Crippen molar-refractivity contribution in [3.63, 3.8) is 0 Å². The number of nitrogens with two attached hydrogens (primary N) is 1. The highest BCUT2D eigenvalue weighted by Crippen LogP contribution is 2.25. The lowest BCUT2D eigenvalue weighted by Crippen LogP contribution is -2.20. The van der Waals surface area contributed by atoms with E-state index >= 15 is 0 Å². The van der Waals surface area contributed by atoms with Crippen molar-refractivity contribution in [1.29, 1.82) is 0 Å². The monoisotopic (exact) mass is 447 g/mol. The zero-order valence-electron chi connectivity index (χ0n) is 17.6. The number of imidazole rings is 1. The molecule has 0 aromatic carbocycles. The first-order chi connectivity index (χ1) is 15.7. The largest absolute Gasteiger partial charge is 0.397 e. The molecule has 0 fully saturated rings. The van der Waals surface area contributed by atoms with Crippen LogP contribution in [0.4, 0.5) is 11.5 Å². The predicted molar refractivity (Wildman–Crippen MR) is 130 cm³/mol. The summed E-state index contributed by atoms with van der Waals surface area (Å²) >= 11 is 1.58. The Morgan fingerprint density at radius 2 is 1.97 bits per heavy atom. The zero-order chi connectivity index (χ0) is 22.3. The molecule has 164 valence electrons. The average Bonchev–Trinajstić information content (AvgIpc) is 3.41. The van der Waals surface area contributed by atoms with Crippen molar-refractivity contribution in [2.75, 3.05) is 24.1 Å². The molecule has 4 rings (SSSR count). The Morgan fingerprint density at radius 1 is 1.09 bits per heavy atom. The van der Waals surface area contributed by atoms with Crippen LogP contribution in [0.25, 0.3) is 22.5 Å². The van der Waals surface area contributed by atoms with E-state index in [1.165, 1.54) is 0 Å². The van der Waals surface area contributed by atoms with E-state index in [9.17, 15) is 0 Å². The molecule has 0 radical (unpaired) electrons. The Hall–Kier alpha value is -3.63. The molecule has 4 aromatic heterocycles. The number of hydrogen-bond acceptors (Lipinski definition) is 9. The maximum atomic E-state index is 5.97. The molecular formula is C22H25N9S. The Labute approximate surface area is 190 Å². The van der Waals surface area contributed by atoms with Crippen LogP contribution in [0.1, 0.15) is 27.9 Å². The van der Waals surface area contributed by atoms with Crippen molar-refractivity contribution in [2.45, 2.75) is 19.4 Å². The van der Waals surface area contributed by atoms with Gasteiger partial charge in [0.05, 0.1) is 34.3 Å². The molecule has 9 nitrogen and oxygen atoms in total. The molecule has 0 amide bonds. The second kappa shape index (κ2) is 10.1. The van der Waals surface area contributed by atoms with Crippen molar-refractivity contribution < 1.29 is 0 Å². The molecule has 5 N–H and O–H groups in total. The van der Waals surface area contributed by atoms with Crippen LogP contribution in [0, 0.1) is 0 Å². The lowest BCUT2D eigenvalue weighted by atomic mass is 10.3. The van der Waals surface area contributed by atoms with Crippen LogP contribution < -0.4 is 16.4 Å². The number of thiazole rings is 1. The van der Waals surface area contributed by atoms with Gasteiger partial charge in [-0.2, -0.15) is 0 Å². The number of fused-ring (bicyclic) bond motifs is 1. The summed E-state index contributed by atoms with van der Waals surface area (Å²) < 4.78 is 0. The summed E-state index contributed by atoms with van der Waals surface area (Å²) in [6, 6.07) is 3.64. The minimum Gasteiger partial charge on any atom is -0.397 e. The number of aromatic nitrogens is 6. The smallest absolute Gasteiger partial charge is 0.157 e. The highest BCUT2D eigenvalue weighted by Gasteiger charge is 2.11. The SMILES string of the molecule is C=Cc1nc(CCNCCc2nc3c(NCc4ncccc4N)ncnc3s2)[nH]c1C=C. The molecule has 0 saturated heterocycles.